The van der Waals surface area contributed by atoms with Gasteiger partial charge in [-0.15, -0.1) is 0 Å². The highest BCUT2D eigenvalue weighted by molar-refractivity contribution is 5.75. The predicted molar refractivity (Wildman–Crippen MR) is 85.9 cm³/mol. The second-order valence-corrected chi connectivity index (χ2v) is 5.23. The standard InChI is InChI=1S/C16H24N2O5/c1-12(15(19)20)11-18(2)16(21)17-8-5-9-23-14-7-4-6-13(10-14)22-3/h4,6-7,10,12H,5,8-9,11H2,1-3H3,(H,17,21)(H,19,20). The van der Waals surface area contributed by atoms with Crippen molar-refractivity contribution < 1.29 is 24.2 Å². The van der Waals surface area contributed by atoms with E-state index in [1.807, 2.05) is 18.2 Å². The maximum atomic E-state index is 11.8. The minimum atomic E-state index is -0.920. The summed E-state index contributed by atoms with van der Waals surface area (Å²) in [5.41, 5.74) is 0. The number of rotatable bonds is 9. The Kier molecular flexibility index (Phi) is 7.73. The number of aliphatic carboxylic acids is 1. The van der Waals surface area contributed by atoms with E-state index in [-0.39, 0.29) is 12.6 Å². The summed E-state index contributed by atoms with van der Waals surface area (Å²) in [5.74, 6) is -0.0773. The number of carboxylic acid groups (broad SMARTS) is 1. The summed E-state index contributed by atoms with van der Waals surface area (Å²) in [7, 11) is 3.16. The van der Waals surface area contributed by atoms with E-state index in [2.05, 4.69) is 5.32 Å². The van der Waals surface area contributed by atoms with Crippen LogP contribution in [0.15, 0.2) is 24.3 Å². The molecule has 0 aliphatic heterocycles. The first-order chi connectivity index (χ1) is 10.9. The third-order valence-electron chi connectivity index (χ3n) is 3.22. The highest BCUT2D eigenvalue weighted by Gasteiger charge is 2.16. The maximum Gasteiger partial charge on any atom is 0.317 e. The van der Waals surface area contributed by atoms with Gasteiger partial charge in [-0.25, -0.2) is 4.79 Å². The fraction of sp³-hybridized carbons (Fsp3) is 0.500. The molecule has 2 amide bonds. The van der Waals surface area contributed by atoms with E-state index in [1.165, 1.54) is 4.90 Å². The van der Waals surface area contributed by atoms with Crippen molar-refractivity contribution in [2.24, 2.45) is 5.92 Å². The van der Waals surface area contributed by atoms with Crippen LogP contribution in [0.2, 0.25) is 0 Å². The average Bonchev–Trinajstić information content (AvgIpc) is 2.54. The van der Waals surface area contributed by atoms with E-state index in [0.717, 1.165) is 5.75 Å². The number of urea groups is 1. The van der Waals surface area contributed by atoms with Crippen LogP contribution in [0.4, 0.5) is 4.79 Å². The van der Waals surface area contributed by atoms with Gasteiger partial charge in [0.25, 0.3) is 0 Å². The summed E-state index contributed by atoms with van der Waals surface area (Å²) < 4.78 is 10.7. The van der Waals surface area contributed by atoms with Gasteiger partial charge in [0.15, 0.2) is 0 Å². The molecule has 128 valence electrons. The minimum Gasteiger partial charge on any atom is -0.497 e. The summed E-state index contributed by atoms with van der Waals surface area (Å²) >= 11 is 0. The molecule has 0 saturated carbocycles. The van der Waals surface area contributed by atoms with Gasteiger partial charge in [-0.05, 0) is 18.6 Å². The Hall–Kier alpha value is -2.44. The Morgan fingerprint density at radius 3 is 2.70 bits per heavy atom. The Morgan fingerprint density at radius 2 is 2.04 bits per heavy atom. The molecule has 0 heterocycles. The molecule has 1 atom stereocenters. The van der Waals surface area contributed by atoms with Gasteiger partial charge in [0.05, 0.1) is 19.6 Å². The number of nitrogens with zero attached hydrogens (tertiary/aromatic N) is 1. The highest BCUT2D eigenvalue weighted by atomic mass is 16.5. The topological polar surface area (TPSA) is 88.1 Å². The van der Waals surface area contributed by atoms with Gasteiger partial charge in [-0.3, -0.25) is 4.79 Å². The van der Waals surface area contributed by atoms with Crippen LogP contribution in [0.25, 0.3) is 0 Å². The number of amides is 2. The summed E-state index contributed by atoms with van der Waals surface area (Å²) in [6.07, 6.45) is 0.644. The van der Waals surface area contributed by atoms with E-state index in [9.17, 15) is 9.59 Å². The Morgan fingerprint density at radius 1 is 1.35 bits per heavy atom. The number of ether oxygens (including phenoxy) is 2. The molecule has 0 saturated heterocycles. The van der Waals surface area contributed by atoms with E-state index < -0.39 is 11.9 Å². The molecule has 1 rings (SSSR count). The Bertz CT molecular complexity index is 521. The number of hydrogen-bond donors (Lipinski definition) is 2. The molecule has 0 radical (unpaired) electrons. The van der Waals surface area contributed by atoms with Crippen molar-refractivity contribution in [1.82, 2.24) is 10.2 Å². The van der Waals surface area contributed by atoms with Crippen molar-refractivity contribution in [3.05, 3.63) is 24.3 Å². The van der Waals surface area contributed by atoms with Gasteiger partial charge < -0.3 is 24.8 Å². The summed E-state index contributed by atoms with van der Waals surface area (Å²) in [4.78, 5) is 23.9. The van der Waals surface area contributed by atoms with E-state index in [1.54, 1.807) is 27.1 Å². The zero-order valence-corrected chi connectivity index (χ0v) is 13.7. The zero-order chi connectivity index (χ0) is 17.2. The molecule has 2 N–H and O–H groups in total. The van der Waals surface area contributed by atoms with Crippen LogP contribution in [0.1, 0.15) is 13.3 Å². The van der Waals surface area contributed by atoms with Crippen LogP contribution in [0, 0.1) is 5.92 Å². The molecule has 1 aromatic rings. The van der Waals surface area contributed by atoms with Gasteiger partial charge in [0, 0.05) is 26.2 Å². The number of nitrogens with one attached hydrogen (secondary N) is 1. The molecule has 0 aromatic heterocycles. The summed E-state index contributed by atoms with van der Waals surface area (Å²) in [6, 6.07) is 7.01. The third kappa shape index (κ3) is 6.90. The van der Waals surface area contributed by atoms with Crippen LogP contribution in [0.5, 0.6) is 11.5 Å². The van der Waals surface area contributed by atoms with Crippen molar-refractivity contribution in [1.29, 1.82) is 0 Å². The van der Waals surface area contributed by atoms with Gasteiger partial charge in [0.2, 0.25) is 0 Å². The number of methoxy groups -OCH3 is 1. The lowest BCUT2D eigenvalue weighted by Crippen LogP contribution is -2.41. The van der Waals surface area contributed by atoms with E-state index >= 15 is 0 Å². The largest absolute Gasteiger partial charge is 0.497 e. The molecule has 0 bridgehead atoms. The predicted octanol–water partition coefficient (Wildman–Crippen LogP) is 1.83. The number of hydrogen-bond acceptors (Lipinski definition) is 4. The monoisotopic (exact) mass is 324 g/mol. The Labute approximate surface area is 136 Å². The SMILES string of the molecule is COc1cccc(OCCCNC(=O)N(C)CC(C)C(=O)O)c1. The van der Waals surface area contributed by atoms with Gasteiger partial charge >= 0.3 is 12.0 Å². The summed E-state index contributed by atoms with van der Waals surface area (Å²) in [6.45, 7) is 2.65. The van der Waals surface area contributed by atoms with Crippen LogP contribution >= 0.6 is 0 Å². The molecule has 23 heavy (non-hydrogen) atoms. The lowest BCUT2D eigenvalue weighted by Gasteiger charge is -2.20. The summed E-state index contributed by atoms with van der Waals surface area (Å²) in [5, 5.41) is 11.5. The van der Waals surface area contributed by atoms with Crippen molar-refractivity contribution in [2.75, 3.05) is 33.9 Å². The average molecular weight is 324 g/mol. The van der Waals surface area contributed by atoms with Gasteiger partial charge in [-0.2, -0.15) is 0 Å². The lowest BCUT2D eigenvalue weighted by atomic mass is 10.2. The molecule has 0 fully saturated rings. The molecule has 0 spiro atoms. The lowest BCUT2D eigenvalue weighted by molar-refractivity contribution is -0.141. The number of carbonyl (C=O) groups is 2. The molecule has 7 heteroatoms. The number of benzene rings is 1. The maximum absolute atomic E-state index is 11.8. The molecule has 0 aliphatic rings. The quantitative estimate of drug-likeness (QED) is 0.677. The fourth-order valence-electron chi connectivity index (χ4n) is 1.86. The normalized spacial score (nSPS) is 11.4. The second kappa shape index (κ2) is 9.55. The first-order valence-electron chi connectivity index (χ1n) is 7.42. The van der Waals surface area contributed by atoms with Crippen LogP contribution in [-0.4, -0.2) is 55.9 Å². The molecule has 1 aromatic carbocycles. The fourth-order valence-corrected chi connectivity index (χ4v) is 1.86. The molecular weight excluding hydrogens is 300 g/mol. The zero-order valence-electron chi connectivity index (χ0n) is 13.7. The third-order valence-corrected chi connectivity index (χ3v) is 3.22. The number of carbonyl (C=O) groups excluding carboxylic acids is 1. The second-order valence-electron chi connectivity index (χ2n) is 5.23. The van der Waals surface area contributed by atoms with Gasteiger partial charge in [-0.1, -0.05) is 13.0 Å². The molecule has 0 aliphatic carbocycles. The molecule has 1 unspecified atom stereocenters. The van der Waals surface area contributed by atoms with Crippen molar-refractivity contribution in [2.45, 2.75) is 13.3 Å². The van der Waals surface area contributed by atoms with Gasteiger partial charge in [0.1, 0.15) is 11.5 Å². The van der Waals surface area contributed by atoms with Crippen LogP contribution < -0.4 is 14.8 Å². The van der Waals surface area contributed by atoms with Crippen molar-refractivity contribution >= 4 is 12.0 Å². The first kappa shape index (κ1) is 18.6. The first-order valence-corrected chi connectivity index (χ1v) is 7.42. The molecule has 7 nitrogen and oxygen atoms in total. The van der Waals surface area contributed by atoms with E-state index in [0.29, 0.717) is 25.3 Å². The van der Waals surface area contributed by atoms with Crippen molar-refractivity contribution in [3.63, 3.8) is 0 Å². The minimum absolute atomic E-state index is 0.168. The Balaban J connectivity index is 2.21. The molecular formula is C16H24N2O5. The smallest absolute Gasteiger partial charge is 0.317 e. The van der Waals surface area contributed by atoms with Crippen LogP contribution in [-0.2, 0) is 4.79 Å². The van der Waals surface area contributed by atoms with E-state index in [4.69, 9.17) is 14.6 Å². The van der Waals surface area contributed by atoms with Crippen molar-refractivity contribution in [3.8, 4) is 11.5 Å². The van der Waals surface area contributed by atoms with Crippen LogP contribution in [0.3, 0.4) is 0 Å². The number of carboxylic acids is 1. The highest BCUT2D eigenvalue weighted by Crippen LogP contribution is 2.18.